The van der Waals surface area contributed by atoms with Crippen molar-refractivity contribution in [1.29, 1.82) is 0 Å². The van der Waals surface area contributed by atoms with E-state index in [0.717, 1.165) is 84.5 Å². The fraction of sp³-hybridized carbons (Fsp3) is 0.423. The van der Waals surface area contributed by atoms with E-state index in [1.807, 2.05) is 42.6 Å². The molecule has 0 amide bonds. The second-order valence-electron chi connectivity index (χ2n) is 9.46. The molecule has 1 saturated heterocycles. The van der Waals surface area contributed by atoms with E-state index in [-0.39, 0.29) is 12.2 Å². The Morgan fingerprint density at radius 2 is 1.91 bits per heavy atom. The van der Waals surface area contributed by atoms with E-state index in [1.54, 1.807) is 0 Å². The molecule has 1 aliphatic heterocycles. The average molecular weight is 459 g/mol. The van der Waals surface area contributed by atoms with Crippen molar-refractivity contribution in [3.63, 3.8) is 0 Å². The number of nitrogens with zero attached hydrogens (tertiary/aromatic N) is 4. The molecule has 0 bridgehead atoms. The minimum Gasteiger partial charge on any atom is -0.488 e. The Balaban J connectivity index is 1.21. The third-order valence-electron chi connectivity index (χ3n) is 6.87. The van der Waals surface area contributed by atoms with Crippen molar-refractivity contribution in [3.05, 3.63) is 48.4 Å². The van der Waals surface area contributed by atoms with Gasteiger partial charge in [-0.1, -0.05) is 12.1 Å². The smallest absolute Gasteiger partial charge is 0.227 e. The largest absolute Gasteiger partial charge is 0.488 e. The van der Waals surface area contributed by atoms with Crippen molar-refractivity contribution < 1.29 is 9.84 Å². The molecule has 8 nitrogen and oxygen atoms in total. The second kappa shape index (κ2) is 9.19. The van der Waals surface area contributed by atoms with Gasteiger partial charge in [0.05, 0.1) is 29.8 Å². The zero-order valence-electron chi connectivity index (χ0n) is 19.2. The molecule has 2 aromatic carbocycles. The van der Waals surface area contributed by atoms with Gasteiger partial charge in [-0.3, -0.25) is 4.90 Å². The van der Waals surface area contributed by atoms with Crippen molar-refractivity contribution in [2.45, 2.75) is 57.3 Å². The molecule has 2 fully saturated rings. The van der Waals surface area contributed by atoms with Crippen LogP contribution >= 0.6 is 0 Å². The summed E-state index contributed by atoms with van der Waals surface area (Å²) >= 11 is 0. The Morgan fingerprint density at radius 3 is 2.76 bits per heavy atom. The van der Waals surface area contributed by atoms with Gasteiger partial charge in [0, 0.05) is 17.3 Å². The minimum absolute atomic E-state index is 0.109. The topological polar surface area (TPSA) is 99.2 Å². The van der Waals surface area contributed by atoms with Gasteiger partial charge >= 0.3 is 0 Å². The van der Waals surface area contributed by atoms with Crippen LogP contribution in [0.3, 0.4) is 0 Å². The van der Waals surface area contributed by atoms with E-state index in [9.17, 15) is 5.11 Å². The lowest BCUT2D eigenvalue weighted by Gasteiger charge is -2.26. The van der Waals surface area contributed by atoms with Crippen molar-refractivity contribution in [1.82, 2.24) is 24.8 Å². The number of benzene rings is 2. The number of aliphatic hydroxyl groups excluding tert-OH is 1. The van der Waals surface area contributed by atoms with Crippen LogP contribution in [0, 0.1) is 0 Å². The first-order chi connectivity index (χ1) is 16.7. The maximum absolute atomic E-state index is 9.78. The monoisotopic (exact) mass is 458 g/mol. The van der Waals surface area contributed by atoms with E-state index in [4.69, 9.17) is 14.7 Å². The molecular weight excluding hydrogens is 428 g/mol. The Hall–Kier alpha value is -3.23. The number of aliphatic hydroxyl groups is 1. The summed E-state index contributed by atoms with van der Waals surface area (Å²) in [5.74, 6) is 2.29. The molecule has 2 aliphatic rings. The zero-order valence-corrected chi connectivity index (χ0v) is 19.2. The lowest BCUT2D eigenvalue weighted by Crippen LogP contribution is -2.26. The highest BCUT2D eigenvalue weighted by Gasteiger charge is 2.21. The summed E-state index contributed by atoms with van der Waals surface area (Å²) in [6.07, 6.45) is 7.57. The number of rotatable bonds is 6. The molecule has 0 radical (unpaired) electrons. The van der Waals surface area contributed by atoms with Gasteiger partial charge in [0.1, 0.15) is 17.1 Å². The van der Waals surface area contributed by atoms with Crippen LogP contribution in [0.5, 0.6) is 5.75 Å². The van der Waals surface area contributed by atoms with Gasteiger partial charge < -0.3 is 20.1 Å². The minimum atomic E-state index is -0.200. The van der Waals surface area contributed by atoms with Crippen LogP contribution in [0.4, 0.5) is 11.6 Å². The number of likely N-dealkylation sites (tertiary alicyclic amines) is 1. The number of hydrogen-bond acceptors (Lipinski definition) is 7. The molecule has 3 heterocycles. The van der Waals surface area contributed by atoms with Crippen molar-refractivity contribution in [3.8, 4) is 5.75 Å². The van der Waals surface area contributed by atoms with Crippen LogP contribution in [0.15, 0.2) is 42.6 Å². The van der Waals surface area contributed by atoms with E-state index in [1.165, 1.54) is 12.8 Å². The summed E-state index contributed by atoms with van der Waals surface area (Å²) in [5.41, 5.74) is 3.65. The molecule has 0 atom stereocenters. The number of ether oxygens (including phenoxy) is 1. The van der Waals surface area contributed by atoms with E-state index in [2.05, 4.69) is 20.2 Å². The van der Waals surface area contributed by atoms with Gasteiger partial charge in [-0.05, 0) is 75.9 Å². The fourth-order valence-electron chi connectivity index (χ4n) is 5.02. The van der Waals surface area contributed by atoms with Crippen LogP contribution < -0.4 is 10.1 Å². The number of aromatic nitrogens is 4. The molecule has 0 spiro atoms. The summed E-state index contributed by atoms with van der Waals surface area (Å²) in [4.78, 5) is 20.0. The van der Waals surface area contributed by atoms with Gasteiger partial charge in [-0.25, -0.2) is 15.0 Å². The van der Waals surface area contributed by atoms with Crippen LogP contribution in [0.25, 0.3) is 21.9 Å². The van der Waals surface area contributed by atoms with Crippen LogP contribution in [-0.4, -0.2) is 55.2 Å². The highest BCUT2D eigenvalue weighted by molar-refractivity contribution is 5.85. The third kappa shape index (κ3) is 4.56. The van der Waals surface area contributed by atoms with E-state index >= 15 is 0 Å². The van der Waals surface area contributed by atoms with Crippen molar-refractivity contribution in [2.24, 2.45) is 0 Å². The van der Waals surface area contributed by atoms with Crippen LogP contribution in [0.2, 0.25) is 0 Å². The summed E-state index contributed by atoms with van der Waals surface area (Å²) in [6, 6.07) is 12.0. The number of H-pyrrole nitrogens is 1. The zero-order chi connectivity index (χ0) is 22.9. The molecule has 1 aliphatic carbocycles. The first-order valence-corrected chi connectivity index (χ1v) is 12.3. The van der Waals surface area contributed by atoms with Gasteiger partial charge in [0.2, 0.25) is 5.95 Å². The molecule has 4 aromatic rings. The molecular formula is C26H30N6O2. The second-order valence-corrected chi connectivity index (χ2v) is 9.46. The number of fused-ring (bicyclic) bond motifs is 2. The van der Waals surface area contributed by atoms with Gasteiger partial charge in [0.25, 0.3) is 0 Å². The van der Waals surface area contributed by atoms with Crippen molar-refractivity contribution in [2.75, 3.05) is 18.4 Å². The molecule has 3 N–H and O–H groups in total. The Labute approximate surface area is 198 Å². The summed E-state index contributed by atoms with van der Waals surface area (Å²) in [6.45, 7) is 3.17. The first kappa shape index (κ1) is 21.3. The summed E-state index contributed by atoms with van der Waals surface area (Å²) < 4.78 is 6.29. The fourth-order valence-corrected chi connectivity index (χ4v) is 5.02. The molecule has 0 unspecified atom stereocenters. The number of imidazole rings is 1. The molecule has 6 rings (SSSR count). The maximum atomic E-state index is 9.78. The molecule has 2 aromatic heterocycles. The van der Waals surface area contributed by atoms with E-state index < -0.39 is 0 Å². The number of para-hydroxylation sites is 1. The van der Waals surface area contributed by atoms with E-state index in [0.29, 0.717) is 5.95 Å². The van der Waals surface area contributed by atoms with Gasteiger partial charge in [0.15, 0.2) is 0 Å². The lowest BCUT2D eigenvalue weighted by atomic mass is 9.95. The Kier molecular flexibility index (Phi) is 5.76. The summed E-state index contributed by atoms with van der Waals surface area (Å²) in [5, 5.41) is 14.0. The normalized spacial score (nSPS) is 21.3. The van der Waals surface area contributed by atoms with Gasteiger partial charge in [-0.15, -0.1) is 0 Å². The quantitative estimate of drug-likeness (QED) is 0.390. The number of aromatic amines is 1. The lowest BCUT2D eigenvalue weighted by molar-refractivity contribution is 0.0672. The van der Waals surface area contributed by atoms with Crippen molar-refractivity contribution >= 4 is 33.6 Å². The Bertz CT molecular complexity index is 1290. The van der Waals surface area contributed by atoms with Crippen LogP contribution in [0.1, 0.15) is 44.3 Å². The maximum Gasteiger partial charge on any atom is 0.227 e. The molecule has 1 saturated carbocycles. The molecule has 176 valence electrons. The standard InChI is InChI=1S/C26H30N6O2/c33-19-7-9-20(10-8-19)34-23-5-3-4-17-15-27-26(31-25(17)23)28-18-6-11-21-22(14-18)30-24(29-21)16-32-12-1-2-13-32/h3-6,11,14-15,19-20,33H,1-2,7-10,12-13,16H2,(H,29,30)(H,27,28,31)/t19-,20+. The first-order valence-electron chi connectivity index (χ1n) is 12.3. The average Bonchev–Trinajstić information content (AvgIpc) is 3.50. The number of anilines is 2. The number of nitrogens with one attached hydrogen (secondary N) is 2. The van der Waals surface area contributed by atoms with Gasteiger partial charge in [-0.2, -0.15) is 0 Å². The SMILES string of the molecule is O[C@H]1CC[C@@H](Oc2cccc3cnc(Nc4ccc5[nH]c(CN6CCCC6)nc5c4)nc23)CC1. The van der Waals surface area contributed by atoms with Crippen LogP contribution in [-0.2, 0) is 6.54 Å². The highest BCUT2D eigenvalue weighted by atomic mass is 16.5. The highest BCUT2D eigenvalue weighted by Crippen LogP contribution is 2.30. The predicted octanol–water partition coefficient (Wildman–Crippen LogP) is 4.53. The third-order valence-corrected chi connectivity index (χ3v) is 6.87. The predicted molar refractivity (Wildman–Crippen MR) is 132 cm³/mol. The summed E-state index contributed by atoms with van der Waals surface area (Å²) in [7, 11) is 0. The molecule has 8 heteroatoms. The Morgan fingerprint density at radius 1 is 1.06 bits per heavy atom. The number of hydrogen-bond donors (Lipinski definition) is 3. The molecule has 34 heavy (non-hydrogen) atoms.